The number of methoxy groups -OCH3 is 1. The van der Waals surface area contributed by atoms with Gasteiger partial charge in [-0.3, -0.25) is 4.79 Å². The third kappa shape index (κ3) is 3.96. The average molecular weight is 325 g/mol. The Morgan fingerprint density at radius 2 is 2.13 bits per heavy atom. The van der Waals surface area contributed by atoms with Gasteiger partial charge in [0.05, 0.1) is 13.2 Å². The van der Waals surface area contributed by atoms with E-state index in [2.05, 4.69) is 17.4 Å². The molecule has 4 heteroatoms. The van der Waals surface area contributed by atoms with E-state index >= 15 is 0 Å². The van der Waals surface area contributed by atoms with Crippen LogP contribution < -0.4 is 10.1 Å². The highest BCUT2D eigenvalue weighted by atomic mass is 32.2. The molecule has 0 radical (unpaired) electrons. The van der Waals surface area contributed by atoms with Crippen molar-refractivity contribution < 1.29 is 9.53 Å². The Labute approximate surface area is 140 Å². The maximum Gasteiger partial charge on any atom is 0.244 e. The normalized spacial score (nSPS) is 16.8. The number of hydrogen-bond donors (Lipinski definition) is 1. The van der Waals surface area contributed by atoms with Gasteiger partial charge in [-0.05, 0) is 41.8 Å². The van der Waals surface area contributed by atoms with Crippen molar-refractivity contribution in [2.45, 2.75) is 17.4 Å². The molecule has 0 spiro atoms. The van der Waals surface area contributed by atoms with Crippen LogP contribution in [0.2, 0.25) is 0 Å². The number of carbonyl (C=O) groups is 1. The molecule has 1 aliphatic rings. The number of amides is 1. The topological polar surface area (TPSA) is 38.3 Å². The predicted molar refractivity (Wildman–Crippen MR) is 94.7 cm³/mol. The Morgan fingerprint density at radius 1 is 1.26 bits per heavy atom. The number of thioether (sulfide) groups is 1. The summed E-state index contributed by atoms with van der Waals surface area (Å²) >= 11 is 1.85. The fourth-order valence-corrected chi connectivity index (χ4v) is 3.75. The smallest absolute Gasteiger partial charge is 0.244 e. The van der Waals surface area contributed by atoms with Crippen LogP contribution in [0.1, 0.15) is 23.6 Å². The summed E-state index contributed by atoms with van der Waals surface area (Å²) in [4.78, 5) is 13.5. The summed E-state index contributed by atoms with van der Waals surface area (Å²) in [5, 5.41) is 3.10. The first-order chi connectivity index (χ1) is 11.3. The van der Waals surface area contributed by atoms with Crippen LogP contribution in [0.5, 0.6) is 5.75 Å². The number of nitrogens with one attached hydrogen (secondary N) is 1. The van der Waals surface area contributed by atoms with E-state index in [9.17, 15) is 4.79 Å². The van der Waals surface area contributed by atoms with Gasteiger partial charge >= 0.3 is 0 Å². The van der Waals surface area contributed by atoms with E-state index in [0.717, 1.165) is 23.5 Å². The fraction of sp³-hybridized carbons (Fsp3) is 0.211. The molecule has 0 aliphatic carbocycles. The van der Waals surface area contributed by atoms with Crippen molar-refractivity contribution in [1.82, 2.24) is 5.32 Å². The molecular formula is C19H19NO2S. The molecule has 23 heavy (non-hydrogen) atoms. The molecule has 1 N–H and O–H groups in total. The summed E-state index contributed by atoms with van der Waals surface area (Å²) in [6.07, 6.45) is 4.35. The summed E-state index contributed by atoms with van der Waals surface area (Å²) in [6.45, 7) is 0. The van der Waals surface area contributed by atoms with E-state index in [0.29, 0.717) is 0 Å². The molecule has 2 aromatic rings. The molecule has 3 nitrogen and oxygen atoms in total. The van der Waals surface area contributed by atoms with Crippen molar-refractivity contribution in [3.8, 4) is 5.75 Å². The lowest BCUT2D eigenvalue weighted by Gasteiger charge is -2.25. The third-order valence-electron chi connectivity index (χ3n) is 3.80. The minimum absolute atomic E-state index is 0.0699. The quantitative estimate of drug-likeness (QED) is 0.862. The van der Waals surface area contributed by atoms with Gasteiger partial charge < -0.3 is 10.1 Å². The van der Waals surface area contributed by atoms with Crippen molar-refractivity contribution in [2.24, 2.45) is 0 Å². The molecule has 0 saturated carbocycles. The monoisotopic (exact) mass is 325 g/mol. The Bertz CT molecular complexity index is 727. The second kappa shape index (κ2) is 7.38. The predicted octanol–water partition coefficient (Wildman–Crippen LogP) is 4.06. The zero-order chi connectivity index (χ0) is 16.1. The molecule has 2 aromatic carbocycles. The average Bonchev–Trinajstić information content (AvgIpc) is 2.60. The van der Waals surface area contributed by atoms with Crippen molar-refractivity contribution in [2.75, 3.05) is 12.9 Å². The molecule has 0 unspecified atom stereocenters. The Hall–Kier alpha value is -2.20. The molecule has 3 rings (SSSR count). The highest BCUT2D eigenvalue weighted by Crippen LogP contribution is 2.35. The van der Waals surface area contributed by atoms with Gasteiger partial charge in [0.2, 0.25) is 5.91 Å². The van der Waals surface area contributed by atoms with Gasteiger partial charge in [-0.15, -0.1) is 11.8 Å². The summed E-state index contributed by atoms with van der Waals surface area (Å²) in [5.74, 6) is 1.74. The van der Waals surface area contributed by atoms with E-state index < -0.39 is 0 Å². The first kappa shape index (κ1) is 15.7. The minimum Gasteiger partial charge on any atom is -0.497 e. The maximum atomic E-state index is 12.2. The molecule has 1 amide bonds. The molecule has 0 aromatic heterocycles. The summed E-state index contributed by atoms with van der Waals surface area (Å²) in [6, 6.07) is 16.0. The number of rotatable bonds is 4. The molecule has 1 atom stereocenters. The first-order valence-electron chi connectivity index (χ1n) is 7.60. The summed E-state index contributed by atoms with van der Waals surface area (Å²) in [5.41, 5.74) is 2.16. The molecule has 0 bridgehead atoms. The van der Waals surface area contributed by atoms with E-state index in [4.69, 9.17) is 4.74 Å². The van der Waals surface area contributed by atoms with Crippen LogP contribution in [0.25, 0.3) is 6.08 Å². The Balaban J connectivity index is 1.67. The van der Waals surface area contributed by atoms with Crippen LogP contribution in [0.4, 0.5) is 0 Å². The van der Waals surface area contributed by atoms with Gasteiger partial charge in [-0.2, -0.15) is 0 Å². The van der Waals surface area contributed by atoms with Crippen molar-refractivity contribution in [3.63, 3.8) is 0 Å². The number of ether oxygens (including phenoxy) is 1. The molecule has 0 saturated heterocycles. The van der Waals surface area contributed by atoms with E-state index in [1.165, 1.54) is 10.5 Å². The Kier molecular flexibility index (Phi) is 5.03. The second-order valence-corrected chi connectivity index (χ2v) is 6.48. The zero-order valence-corrected chi connectivity index (χ0v) is 13.8. The Morgan fingerprint density at radius 3 is 3.00 bits per heavy atom. The lowest BCUT2D eigenvalue weighted by molar-refractivity contribution is -0.117. The largest absolute Gasteiger partial charge is 0.497 e. The van der Waals surface area contributed by atoms with Crippen LogP contribution in [0.15, 0.2) is 59.5 Å². The van der Waals surface area contributed by atoms with Gasteiger partial charge in [0.1, 0.15) is 5.75 Å². The second-order valence-electron chi connectivity index (χ2n) is 5.35. The van der Waals surface area contributed by atoms with E-state index in [1.807, 2.05) is 48.2 Å². The van der Waals surface area contributed by atoms with Crippen LogP contribution in [-0.4, -0.2) is 18.8 Å². The van der Waals surface area contributed by atoms with Crippen LogP contribution in [-0.2, 0) is 4.79 Å². The van der Waals surface area contributed by atoms with E-state index in [1.54, 1.807) is 19.3 Å². The van der Waals surface area contributed by atoms with Gasteiger partial charge in [-0.1, -0.05) is 30.3 Å². The molecule has 118 valence electrons. The maximum absolute atomic E-state index is 12.2. The van der Waals surface area contributed by atoms with Gasteiger partial charge in [-0.25, -0.2) is 0 Å². The van der Waals surface area contributed by atoms with Crippen LogP contribution >= 0.6 is 11.8 Å². The van der Waals surface area contributed by atoms with Crippen LogP contribution in [0.3, 0.4) is 0 Å². The summed E-state index contributed by atoms with van der Waals surface area (Å²) in [7, 11) is 1.63. The first-order valence-corrected chi connectivity index (χ1v) is 8.59. The fourth-order valence-electron chi connectivity index (χ4n) is 2.63. The number of fused-ring (bicyclic) bond motifs is 1. The van der Waals surface area contributed by atoms with E-state index in [-0.39, 0.29) is 11.9 Å². The van der Waals surface area contributed by atoms with Crippen molar-refractivity contribution in [1.29, 1.82) is 0 Å². The van der Waals surface area contributed by atoms with Crippen molar-refractivity contribution >= 4 is 23.7 Å². The molecule has 0 fully saturated rings. The standard InChI is InChI=1S/C19H19NO2S/c1-22-15-6-4-5-14(13-15)9-10-19(21)20-17-11-12-23-18-8-3-2-7-16(17)18/h2-10,13,17H,11-12H2,1H3,(H,20,21)/b10-9+/t17-/m0/s1. The van der Waals surface area contributed by atoms with Gasteiger partial charge in [0.25, 0.3) is 0 Å². The minimum atomic E-state index is -0.0699. The SMILES string of the molecule is COc1cccc(/C=C/C(=O)N[C@H]2CCSc3ccccc32)c1. The number of hydrogen-bond acceptors (Lipinski definition) is 3. The lowest BCUT2D eigenvalue weighted by atomic mass is 10.0. The summed E-state index contributed by atoms with van der Waals surface area (Å²) < 4.78 is 5.19. The molecular weight excluding hydrogens is 306 g/mol. The molecule has 1 heterocycles. The number of carbonyl (C=O) groups excluding carboxylic acids is 1. The van der Waals surface area contributed by atoms with Crippen molar-refractivity contribution in [3.05, 3.63) is 65.7 Å². The van der Waals surface area contributed by atoms with Gasteiger partial charge in [0.15, 0.2) is 0 Å². The number of benzene rings is 2. The zero-order valence-electron chi connectivity index (χ0n) is 13.0. The lowest BCUT2D eigenvalue weighted by Crippen LogP contribution is -2.29. The highest BCUT2D eigenvalue weighted by Gasteiger charge is 2.20. The molecule has 1 aliphatic heterocycles. The highest BCUT2D eigenvalue weighted by molar-refractivity contribution is 7.99. The third-order valence-corrected chi connectivity index (χ3v) is 4.92. The van der Waals surface area contributed by atoms with Gasteiger partial charge in [0, 0.05) is 16.7 Å². The van der Waals surface area contributed by atoms with Crippen LogP contribution in [0, 0.1) is 0 Å².